The molecule has 3 atom stereocenters. The van der Waals surface area contributed by atoms with Crippen LogP contribution in [-0.2, 0) is 9.47 Å². The average Bonchev–Trinajstić information content (AvgIpc) is 3.37. The molecule has 2 aliphatic heterocycles. The largest absolute Gasteiger partial charge is 0.444 e. The highest BCUT2D eigenvalue weighted by molar-refractivity contribution is 5.69. The van der Waals surface area contributed by atoms with E-state index in [1.165, 1.54) is 0 Å². The molecule has 0 radical (unpaired) electrons. The minimum Gasteiger partial charge on any atom is -0.444 e. The van der Waals surface area contributed by atoms with E-state index < -0.39 is 5.60 Å². The Morgan fingerprint density at radius 3 is 2.80 bits per heavy atom. The van der Waals surface area contributed by atoms with Crippen LogP contribution in [0.1, 0.15) is 77.6 Å². The van der Waals surface area contributed by atoms with Crippen molar-refractivity contribution in [1.29, 1.82) is 0 Å². The van der Waals surface area contributed by atoms with Gasteiger partial charge < -0.3 is 14.4 Å². The van der Waals surface area contributed by atoms with Crippen LogP contribution >= 0.6 is 0 Å². The number of nitrogens with zero attached hydrogens (tertiary/aromatic N) is 5. The zero-order valence-corrected chi connectivity index (χ0v) is 18.5. The Morgan fingerprint density at radius 1 is 1.23 bits per heavy atom. The lowest BCUT2D eigenvalue weighted by molar-refractivity contribution is -0.0395. The Balaban J connectivity index is 1.51. The molecule has 2 saturated heterocycles. The van der Waals surface area contributed by atoms with Gasteiger partial charge in [0.25, 0.3) is 0 Å². The number of likely N-dealkylation sites (tertiary alicyclic amines) is 1. The second kappa shape index (κ2) is 8.41. The SMILES string of the molecule is C[C@H]1CC[C@H](c2cnn(-c3ccn(C4CCCCO4)n3)c2)N(C(=O)OC(C)(C)C)C1. The molecule has 0 spiro atoms. The van der Waals surface area contributed by atoms with E-state index in [1.54, 1.807) is 4.68 Å². The topological polar surface area (TPSA) is 74.4 Å². The number of piperidine rings is 1. The molecule has 4 heterocycles. The Bertz CT molecular complexity index is 862. The van der Waals surface area contributed by atoms with E-state index in [0.717, 1.165) is 50.1 Å². The fraction of sp³-hybridized carbons (Fsp3) is 0.682. The highest BCUT2D eigenvalue weighted by Crippen LogP contribution is 2.34. The number of amides is 1. The second-order valence-corrected chi connectivity index (χ2v) is 9.52. The lowest BCUT2D eigenvalue weighted by atomic mass is 9.91. The number of hydrogen-bond donors (Lipinski definition) is 0. The van der Waals surface area contributed by atoms with Crippen molar-refractivity contribution in [2.75, 3.05) is 13.2 Å². The van der Waals surface area contributed by atoms with E-state index in [-0.39, 0.29) is 18.4 Å². The summed E-state index contributed by atoms with van der Waals surface area (Å²) in [6, 6.07) is 1.91. The van der Waals surface area contributed by atoms with Crippen LogP contribution in [0.5, 0.6) is 0 Å². The van der Waals surface area contributed by atoms with Gasteiger partial charge in [-0.3, -0.25) is 0 Å². The summed E-state index contributed by atoms with van der Waals surface area (Å²) in [4.78, 5) is 14.7. The van der Waals surface area contributed by atoms with E-state index >= 15 is 0 Å². The standard InChI is InChI=1S/C22H33N5O3/c1-16-8-9-18(25(14-16)21(28)30-22(2,3)4)17-13-23-27(15-17)19-10-11-26(24-19)20-7-5-6-12-29-20/h10-11,13,15-16,18,20H,5-9,12,14H2,1-4H3/t16-,18+,20?/m0/s1. The highest BCUT2D eigenvalue weighted by Gasteiger charge is 2.34. The average molecular weight is 416 g/mol. The zero-order valence-electron chi connectivity index (χ0n) is 18.5. The minimum atomic E-state index is -0.513. The van der Waals surface area contributed by atoms with Crippen LogP contribution in [-0.4, -0.2) is 49.3 Å². The smallest absolute Gasteiger partial charge is 0.410 e. The van der Waals surface area contributed by atoms with Gasteiger partial charge in [-0.25, -0.2) is 14.2 Å². The van der Waals surface area contributed by atoms with Gasteiger partial charge in [0.15, 0.2) is 5.82 Å². The summed E-state index contributed by atoms with van der Waals surface area (Å²) in [5, 5.41) is 9.19. The molecule has 0 N–H and O–H groups in total. The lowest BCUT2D eigenvalue weighted by Gasteiger charge is -2.38. The van der Waals surface area contributed by atoms with Gasteiger partial charge in [0.1, 0.15) is 11.8 Å². The first-order valence-electron chi connectivity index (χ1n) is 11.0. The van der Waals surface area contributed by atoms with E-state index in [0.29, 0.717) is 12.5 Å². The molecule has 164 valence electrons. The van der Waals surface area contributed by atoms with Crippen LogP contribution in [0.4, 0.5) is 4.79 Å². The van der Waals surface area contributed by atoms with Gasteiger partial charge in [0.05, 0.1) is 12.2 Å². The molecule has 4 rings (SSSR count). The summed E-state index contributed by atoms with van der Waals surface area (Å²) in [5.74, 6) is 1.21. The molecule has 0 saturated carbocycles. The van der Waals surface area contributed by atoms with Crippen LogP contribution in [0, 0.1) is 5.92 Å². The third-order valence-electron chi connectivity index (χ3n) is 5.71. The van der Waals surface area contributed by atoms with Gasteiger partial charge in [-0.05, 0) is 58.8 Å². The van der Waals surface area contributed by atoms with Crippen molar-refractivity contribution < 1.29 is 14.3 Å². The molecule has 8 nitrogen and oxygen atoms in total. The van der Waals surface area contributed by atoms with Gasteiger partial charge in [0.2, 0.25) is 0 Å². The first-order chi connectivity index (χ1) is 14.3. The van der Waals surface area contributed by atoms with E-state index in [1.807, 2.05) is 55.0 Å². The summed E-state index contributed by atoms with van der Waals surface area (Å²) < 4.78 is 15.1. The summed E-state index contributed by atoms with van der Waals surface area (Å²) in [5.41, 5.74) is 0.497. The molecule has 0 aromatic carbocycles. The predicted molar refractivity (Wildman–Crippen MR) is 112 cm³/mol. The van der Waals surface area contributed by atoms with Crippen molar-refractivity contribution in [3.8, 4) is 5.82 Å². The van der Waals surface area contributed by atoms with Crippen LogP contribution in [0.15, 0.2) is 24.7 Å². The van der Waals surface area contributed by atoms with Crippen LogP contribution in [0.25, 0.3) is 5.82 Å². The summed E-state index contributed by atoms with van der Waals surface area (Å²) >= 11 is 0. The van der Waals surface area contributed by atoms with Gasteiger partial charge in [-0.1, -0.05) is 6.92 Å². The van der Waals surface area contributed by atoms with E-state index in [2.05, 4.69) is 17.1 Å². The molecule has 0 bridgehead atoms. The summed E-state index contributed by atoms with van der Waals surface area (Å²) in [6.45, 7) is 9.36. The maximum absolute atomic E-state index is 12.8. The molecule has 2 aromatic rings. The molecule has 2 fully saturated rings. The number of aromatic nitrogens is 4. The van der Waals surface area contributed by atoms with Crippen molar-refractivity contribution in [3.63, 3.8) is 0 Å². The van der Waals surface area contributed by atoms with Gasteiger partial charge in [-0.2, -0.15) is 10.2 Å². The fourth-order valence-corrected chi connectivity index (χ4v) is 4.20. The van der Waals surface area contributed by atoms with Crippen molar-refractivity contribution >= 4 is 6.09 Å². The third-order valence-corrected chi connectivity index (χ3v) is 5.71. The molecule has 2 aliphatic rings. The van der Waals surface area contributed by atoms with Gasteiger partial charge in [-0.15, -0.1) is 0 Å². The maximum Gasteiger partial charge on any atom is 0.410 e. The number of rotatable bonds is 3. The van der Waals surface area contributed by atoms with Crippen molar-refractivity contribution in [2.45, 2.75) is 77.7 Å². The predicted octanol–water partition coefficient (Wildman–Crippen LogP) is 4.48. The first-order valence-corrected chi connectivity index (χ1v) is 11.0. The van der Waals surface area contributed by atoms with Crippen LogP contribution < -0.4 is 0 Å². The van der Waals surface area contributed by atoms with E-state index in [4.69, 9.17) is 9.47 Å². The minimum absolute atomic E-state index is 0.00465. The first kappa shape index (κ1) is 20.9. The molecule has 0 aliphatic carbocycles. The fourth-order valence-electron chi connectivity index (χ4n) is 4.20. The molecular weight excluding hydrogens is 382 g/mol. The maximum atomic E-state index is 12.8. The number of ether oxygens (including phenoxy) is 2. The Kier molecular flexibility index (Phi) is 5.86. The molecular formula is C22H33N5O3. The van der Waals surface area contributed by atoms with Gasteiger partial charge in [0, 0.05) is 37.2 Å². The number of carbonyl (C=O) groups is 1. The van der Waals surface area contributed by atoms with Crippen LogP contribution in [0.2, 0.25) is 0 Å². The third kappa shape index (κ3) is 4.69. The van der Waals surface area contributed by atoms with Gasteiger partial charge >= 0.3 is 6.09 Å². The normalized spacial score (nSPS) is 25.3. The number of carbonyl (C=O) groups excluding carboxylic acids is 1. The van der Waals surface area contributed by atoms with Crippen LogP contribution in [0.3, 0.4) is 0 Å². The monoisotopic (exact) mass is 415 g/mol. The molecule has 8 heteroatoms. The Hall–Kier alpha value is -2.35. The highest BCUT2D eigenvalue weighted by atomic mass is 16.6. The Morgan fingerprint density at radius 2 is 2.07 bits per heavy atom. The Labute approximate surface area is 178 Å². The molecule has 1 amide bonds. The molecule has 2 aromatic heterocycles. The lowest BCUT2D eigenvalue weighted by Crippen LogP contribution is -2.44. The van der Waals surface area contributed by atoms with Crippen molar-refractivity contribution in [3.05, 3.63) is 30.2 Å². The summed E-state index contributed by atoms with van der Waals surface area (Å²) in [6.07, 6.45) is 10.7. The molecule has 30 heavy (non-hydrogen) atoms. The quantitative estimate of drug-likeness (QED) is 0.739. The number of hydrogen-bond acceptors (Lipinski definition) is 5. The zero-order chi connectivity index (χ0) is 21.3. The molecule has 1 unspecified atom stereocenters. The summed E-state index contributed by atoms with van der Waals surface area (Å²) in [7, 11) is 0. The van der Waals surface area contributed by atoms with E-state index in [9.17, 15) is 4.79 Å². The van der Waals surface area contributed by atoms with Crippen molar-refractivity contribution in [1.82, 2.24) is 24.5 Å². The van der Waals surface area contributed by atoms with Crippen molar-refractivity contribution in [2.24, 2.45) is 5.92 Å². The second-order valence-electron chi connectivity index (χ2n) is 9.52.